The number of nitrogens with one attached hydrogen (secondary N) is 1. The van der Waals surface area contributed by atoms with Crippen molar-refractivity contribution in [2.75, 3.05) is 11.9 Å². The molecule has 0 saturated heterocycles. The van der Waals surface area contributed by atoms with E-state index in [1.54, 1.807) is 0 Å². The van der Waals surface area contributed by atoms with Crippen molar-refractivity contribution in [3.8, 4) is 16.9 Å². The van der Waals surface area contributed by atoms with Crippen molar-refractivity contribution in [1.82, 2.24) is 9.78 Å². The van der Waals surface area contributed by atoms with E-state index in [-0.39, 0.29) is 0 Å². The molecule has 0 spiro atoms. The van der Waals surface area contributed by atoms with Crippen LogP contribution >= 0.6 is 15.9 Å². The first-order valence-electron chi connectivity index (χ1n) is 8.97. The van der Waals surface area contributed by atoms with Gasteiger partial charge in [0.1, 0.15) is 5.82 Å². The molecule has 0 unspecified atom stereocenters. The number of anilines is 1. The van der Waals surface area contributed by atoms with Gasteiger partial charge in [0.2, 0.25) is 0 Å². The first kappa shape index (κ1) is 16.4. The lowest BCUT2D eigenvalue weighted by Gasteiger charge is -2.09. The summed E-state index contributed by atoms with van der Waals surface area (Å²) in [5.74, 6) is 1.15. The molecule has 4 rings (SSSR count). The SMILES string of the molecule is CCc1ccc(-n2nc(-c3ccc(Br)cc3)c3c2NCCCC3)cc1. The van der Waals surface area contributed by atoms with Gasteiger partial charge in [0.25, 0.3) is 0 Å². The Balaban J connectivity index is 1.85. The summed E-state index contributed by atoms with van der Waals surface area (Å²) >= 11 is 3.52. The molecule has 3 nitrogen and oxygen atoms in total. The van der Waals surface area contributed by atoms with Gasteiger partial charge in [-0.1, -0.05) is 47.1 Å². The maximum Gasteiger partial charge on any atom is 0.133 e. The fourth-order valence-electron chi connectivity index (χ4n) is 3.40. The summed E-state index contributed by atoms with van der Waals surface area (Å²) in [7, 11) is 0. The van der Waals surface area contributed by atoms with Crippen molar-refractivity contribution in [2.45, 2.75) is 32.6 Å². The highest BCUT2D eigenvalue weighted by Crippen LogP contribution is 2.34. The van der Waals surface area contributed by atoms with Crippen LogP contribution in [0.15, 0.2) is 53.0 Å². The highest BCUT2D eigenvalue weighted by atomic mass is 79.9. The number of rotatable bonds is 3. The Morgan fingerprint density at radius 2 is 1.80 bits per heavy atom. The van der Waals surface area contributed by atoms with Crippen LogP contribution in [0, 0.1) is 0 Å². The lowest BCUT2D eigenvalue weighted by molar-refractivity contribution is 0.780. The Hall–Kier alpha value is -2.07. The van der Waals surface area contributed by atoms with Crippen molar-refractivity contribution in [2.24, 2.45) is 0 Å². The van der Waals surface area contributed by atoms with Gasteiger partial charge in [-0.05, 0) is 55.5 Å². The van der Waals surface area contributed by atoms with Crippen LogP contribution in [0.2, 0.25) is 0 Å². The van der Waals surface area contributed by atoms with E-state index in [4.69, 9.17) is 5.10 Å². The molecular formula is C21H22BrN3. The second-order valence-corrected chi connectivity index (χ2v) is 7.41. The van der Waals surface area contributed by atoms with Crippen molar-refractivity contribution in [3.05, 3.63) is 64.1 Å². The normalized spacial score (nSPS) is 13.8. The molecule has 2 heterocycles. The van der Waals surface area contributed by atoms with Gasteiger partial charge in [-0.3, -0.25) is 0 Å². The molecule has 4 heteroatoms. The fourth-order valence-corrected chi connectivity index (χ4v) is 3.67. The molecule has 1 aliphatic heterocycles. The quantitative estimate of drug-likeness (QED) is 0.624. The summed E-state index contributed by atoms with van der Waals surface area (Å²) in [5, 5.41) is 8.61. The molecule has 0 aliphatic carbocycles. The second-order valence-electron chi connectivity index (χ2n) is 6.50. The Morgan fingerprint density at radius 3 is 2.52 bits per heavy atom. The van der Waals surface area contributed by atoms with E-state index in [1.165, 1.54) is 29.5 Å². The minimum absolute atomic E-state index is 1.01. The minimum Gasteiger partial charge on any atom is -0.370 e. The topological polar surface area (TPSA) is 29.9 Å². The van der Waals surface area contributed by atoms with Gasteiger partial charge in [-0.15, -0.1) is 0 Å². The summed E-state index contributed by atoms with van der Waals surface area (Å²) in [6, 6.07) is 17.2. The standard InChI is InChI=1S/C21H22BrN3/c1-2-15-6-12-18(13-7-15)25-21-19(5-3-4-14-23-21)20(24-25)16-8-10-17(22)11-9-16/h6-13,23H,2-5,14H2,1H3. The molecular weight excluding hydrogens is 374 g/mol. The summed E-state index contributed by atoms with van der Waals surface area (Å²) in [6.07, 6.45) is 4.52. The molecule has 0 bridgehead atoms. The smallest absolute Gasteiger partial charge is 0.133 e. The molecule has 0 saturated carbocycles. The van der Waals surface area contributed by atoms with Gasteiger partial charge >= 0.3 is 0 Å². The van der Waals surface area contributed by atoms with Gasteiger partial charge < -0.3 is 5.32 Å². The van der Waals surface area contributed by atoms with E-state index in [0.717, 1.165) is 41.1 Å². The van der Waals surface area contributed by atoms with Crippen molar-refractivity contribution in [1.29, 1.82) is 0 Å². The monoisotopic (exact) mass is 395 g/mol. The van der Waals surface area contributed by atoms with Gasteiger partial charge in [-0.25, -0.2) is 4.68 Å². The lowest BCUT2D eigenvalue weighted by Crippen LogP contribution is -2.07. The molecule has 1 N–H and O–H groups in total. The van der Waals surface area contributed by atoms with Crippen LogP contribution in [0.4, 0.5) is 5.82 Å². The average molecular weight is 396 g/mol. The zero-order valence-corrected chi connectivity index (χ0v) is 16.0. The number of hydrogen-bond acceptors (Lipinski definition) is 2. The maximum absolute atomic E-state index is 5.00. The second kappa shape index (κ2) is 7.04. The van der Waals surface area contributed by atoms with Crippen molar-refractivity contribution < 1.29 is 0 Å². The van der Waals surface area contributed by atoms with Gasteiger partial charge in [0.05, 0.1) is 11.4 Å². The largest absolute Gasteiger partial charge is 0.370 e. The first-order valence-corrected chi connectivity index (χ1v) is 9.76. The Labute approximate surface area is 157 Å². The van der Waals surface area contributed by atoms with Crippen LogP contribution in [-0.2, 0) is 12.8 Å². The minimum atomic E-state index is 1.01. The zero-order chi connectivity index (χ0) is 17.2. The zero-order valence-electron chi connectivity index (χ0n) is 14.4. The summed E-state index contributed by atoms with van der Waals surface area (Å²) in [6.45, 7) is 3.19. The summed E-state index contributed by atoms with van der Waals surface area (Å²) in [5.41, 5.74) is 6.07. The van der Waals surface area contributed by atoms with Crippen LogP contribution < -0.4 is 5.32 Å². The molecule has 3 aromatic rings. The number of hydrogen-bond donors (Lipinski definition) is 1. The van der Waals surface area contributed by atoms with Gasteiger partial charge in [0.15, 0.2) is 0 Å². The fraction of sp³-hybridized carbons (Fsp3) is 0.286. The molecule has 0 amide bonds. The number of aryl methyl sites for hydroxylation is 1. The van der Waals surface area contributed by atoms with Crippen molar-refractivity contribution in [3.63, 3.8) is 0 Å². The highest BCUT2D eigenvalue weighted by molar-refractivity contribution is 9.10. The van der Waals surface area contributed by atoms with Crippen LogP contribution in [0.3, 0.4) is 0 Å². The van der Waals surface area contributed by atoms with E-state index < -0.39 is 0 Å². The van der Waals surface area contributed by atoms with E-state index in [0.29, 0.717) is 0 Å². The van der Waals surface area contributed by atoms with E-state index in [1.807, 2.05) is 0 Å². The van der Waals surface area contributed by atoms with Crippen LogP contribution in [0.25, 0.3) is 16.9 Å². The van der Waals surface area contributed by atoms with Crippen LogP contribution in [-0.4, -0.2) is 16.3 Å². The average Bonchev–Trinajstić information content (AvgIpc) is 2.84. The maximum atomic E-state index is 5.00. The Bertz CT molecular complexity index is 863. The number of fused-ring (bicyclic) bond motifs is 1. The number of aromatic nitrogens is 2. The van der Waals surface area contributed by atoms with E-state index in [2.05, 4.69) is 81.4 Å². The highest BCUT2D eigenvalue weighted by Gasteiger charge is 2.21. The van der Waals surface area contributed by atoms with E-state index in [9.17, 15) is 0 Å². The molecule has 1 aliphatic rings. The predicted molar refractivity (Wildman–Crippen MR) is 108 cm³/mol. The van der Waals surface area contributed by atoms with Gasteiger partial charge in [0, 0.05) is 22.1 Å². The molecule has 0 radical (unpaired) electrons. The molecule has 25 heavy (non-hydrogen) atoms. The molecule has 0 fully saturated rings. The lowest BCUT2D eigenvalue weighted by atomic mass is 10.0. The third kappa shape index (κ3) is 3.23. The molecule has 0 atom stereocenters. The predicted octanol–water partition coefficient (Wildman–Crippen LogP) is 5.61. The van der Waals surface area contributed by atoms with Crippen LogP contribution in [0.1, 0.15) is 30.9 Å². The third-order valence-electron chi connectivity index (χ3n) is 4.84. The van der Waals surface area contributed by atoms with E-state index >= 15 is 0 Å². The number of halogens is 1. The molecule has 2 aromatic carbocycles. The van der Waals surface area contributed by atoms with Crippen LogP contribution in [0.5, 0.6) is 0 Å². The van der Waals surface area contributed by atoms with Gasteiger partial charge in [-0.2, -0.15) is 5.10 Å². The van der Waals surface area contributed by atoms with Crippen molar-refractivity contribution >= 4 is 21.7 Å². The third-order valence-corrected chi connectivity index (χ3v) is 5.36. The Morgan fingerprint density at radius 1 is 1.04 bits per heavy atom. The Kier molecular flexibility index (Phi) is 4.62. The number of benzene rings is 2. The summed E-state index contributed by atoms with van der Waals surface area (Å²) < 4.78 is 3.17. The molecule has 128 valence electrons. The molecule has 1 aromatic heterocycles. The first-order chi connectivity index (χ1) is 12.3. The summed E-state index contributed by atoms with van der Waals surface area (Å²) in [4.78, 5) is 0. The number of nitrogens with zero attached hydrogens (tertiary/aromatic N) is 2.